The van der Waals surface area contributed by atoms with E-state index in [1.54, 1.807) is 12.1 Å². The van der Waals surface area contributed by atoms with Gasteiger partial charge in [-0.3, -0.25) is 14.2 Å². The van der Waals surface area contributed by atoms with Crippen molar-refractivity contribution in [3.05, 3.63) is 48.0 Å². The van der Waals surface area contributed by atoms with E-state index in [1.165, 1.54) is 44.4 Å². The molecule has 2 aromatic rings. The number of amides is 1. The van der Waals surface area contributed by atoms with E-state index in [4.69, 9.17) is 4.74 Å². The van der Waals surface area contributed by atoms with Gasteiger partial charge in [0.25, 0.3) is 5.91 Å². The molecule has 2 aromatic carbocycles. The van der Waals surface area contributed by atoms with E-state index in [9.17, 15) is 21.6 Å². The molecular weight excluding hydrogens is 406 g/mol. The molecular formula is C17H21N3O6S2. The molecule has 0 aliphatic heterocycles. The van der Waals surface area contributed by atoms with Gasteiger partial charge in [0.1, 0.15) is 5.75 Å². The van der Waals surface area contributed by atoms with E-state index < -0.39 is 26.0 Å². The number of hydrogen-bond acceptors (Lipinski definition) is 6. The smallest absolute Gasteiger partial charge is 0.257 e. The molecule has 0 aromatic heterocycles. The van der Waals surface area contributed by atoms with Crippen molar-refractivity contribution in [1.82, 2.24) is 0 Å². The second-order valence-electron chi connectivity index (χ2n) is 5.79. The fourth-order valence-corrected chi connectivity index (χ4v) is 3.49. The minimum Gasteiger partial charge on any atom is -0.494 e. The van der Waals surface area contributed by atoms with Crippen LogP contribution in [-0.2, 0) is 20.0 Å². The third-order valence-corrected chi connectivity index (χ3v) is 5.45. The van der Waals surface area contributed by atoms with Crippen LogP contribution in [0.4, 0.5) is 17.1 Å². The molecule has 0 spiro atoms. The van der Waals surface area contributed by atoms with Gasteiger partial charge in [-0.15, -0.1) is 0 Å². The normalized spacial score (nSPS) is 11.5. The van der Waals surface area contributed by atoms with Gasteiger partial charge in [-0.05, 0) is 31.2 Å². The summed E-state index contributed by atoms with van der Waals surface area (Å²) in [5.74, 6) is -0.424. The fraction of sp³-hybridized carbons (Fsp3) is 0.235. The number of hydrogen-bond donors (Lipinski definition) is 3. The number of methoxy groups -OCH3 is 1. The van der Waals surface area contributed by atoms with Crippen LogP contribution in [0.3, 0.4) is 0 Å². The maximum atomic E-state index is 12.6. The number of benzene rings is 2. The third-order valence-electron chi connectivity index (χ3n) is 3.57. The van der Waals surface area contributed by atoms with E-state index in [-0.39, 0.29) is 28.4 Å². The molecule has 0 aliphatic carbocycles. The van der Waals surface area contributed by atoms with Crippen LogP contribution in [0.25, 0.3) is 0 Å². The van der Waals surface area contributed by atoms with Gasteiger partial charge in [-0.1, -0.05) is 12.1 Å². The molecule has 0 atom stereocenters. The van der Waals surface area contributed by atoms with Gasteiger partial charge >= 0.3 is 0 Å². The highest BCUT2D eigenvalue weighted by Crippen LogP contribution is 2.29. The standard InChI is InChI=1S/C17H21N3O6S2/c1-4-28(24,25)20-15-10-9-12(11-16(15)26-2)18-17(21)13-7-5-6-8-14(13)19-27(3,22)23/h5-11,19-20H,4H2,1-3H3,(H,18,21). The van der Waals surface area contributed by atoms with Crippen LogP contribution in [0.5, 0.6) is 5.75 Å². The van der Waals surface area contributed by atoms with Crippen molar-refractivity contribution in [2.24, 2.45) is 0 Å². The van der Waals surface area contributed by atoms with Gasteiger partial charge in [0.2, 0.25) is 20.0 Å². The first-order valence-corrected chi connectivity index (χ1v) is 11.7. The maximum absolute atomic E-state index is 12.6. The molecule has 0 saturated heterocycles. The average molecular weight is 428 g/mol. The molecule has 0 saturated carbocycles. The summed E-state index contributed by atoms with van der Waals surface area (Å²) in [5.41, 5.74) is 0.849. The SMILES string of the molecule is CCS(=O)(=O)Nc1ccc(NC(=O)c2ccccc2NS(C)(=O)=O)cc1OC. The molecule has 3 N–H and O–H groups in total. The molecule has 2 rings (SSSR count). The van der Waals surface area contributed by atoms with Crippen molar-refractivity contribution in [3.63, 3.8) is 0 Å². The highest BCUT2D eigenvalue weighted by molar-refractivity contribution is 7.92. The van der Waals surface area contributed by atoms with E-state index >= 15 is 0 Å². The lowest BCUT2D eigenvalue weighted by molar-refractivity contribution is 0.102. The highest BCUT2D eigenvalue weighted by atomic mass is 32.2. The van der Waals surface area contributed by atoms with Crippen LogP contribution in [-0.4, -0.2) is 41.9 Å². The van der Waals surface area contributed by atoms with E-state index in [0.717, 1.165) is 6.26 Å². The van der Waals surface area contributed by atoms with Crippen LogP contribution in [0.1, 0.15) is 17.3 Å². The summed E-state index contributed by atoms with van der Waals surface area (Å²) in [5, 5.41) is 2.63. The Morgan fingerprint density at radius 1 is 1.00 bits per heavy atom. The summed E-state index contributed by atoms with van der Waals surface area (Å²) < 4.78 is 56.3. The van der Waals surface area contributed by atoms with Gasteiger partial charge in [0.15, 0.2) is 0 Å². The van der Waals surface area contributed by atoms with Crippen LogP contribution in [0.2, 0.25) is 0 Å². The number of anilines is 3. The van der Waals surface area contributed by atoms with Crippen molar-refractivity contribution in [2.75, 3.05) is 33.9 Å². The molecule has 28 heavy (non-hydrogen) atoms. The summed E-state index contributed by atoms with van der Waals surface area (Å²) in [4.78, 5) is 12.6. The number of sulfonamides is 2. The van der Waals surface area contributed by atoms with Gasteiger partial charge in [0.05, 0.1) is 36.1 Å². The van der Waals surface area contributed by atoms with Gasteiger partial charge < -0.3 is 10.1 Å². The number of carbonyl (C=O) groups excluding carboxylic acids is 1. The zero-order chi connectivity index (χ0) is 20.9. The van der Waals surface area contributed by atoms with Gasteiger partial charge in [0, 0.05) is 11.8 Å². The number of nitrogens with one attached hydrogen (secondary N) is 3. The zero-order valence-electron chi connectivity index (χ0n) is 15.5. The molecule has 152 valence electrons. The number of rotatable bonds is 8. The van der Waals surface area contributed by atoms with Crippen LogP contribution >= 0.6 is 0 Å². The average Bonchev–Trinajstić information content (AvgIpc) is 2.61. The second kappa shape index (κ2) is 8.48. The predicted octanol–water partition coefficient (Wildman–Crippen LogP) is 2.08. The first kappa shape index (κ1) is 21.5. The molecule has 1 amide bonds. The second-order valence-corrected chi connectivity index (χ2v) is 9.55. The van der Waals surface area contributed by atoms with E-state index in [0.29, 0.717) is 5.69 Å². The Balaban J connectivity index is 2.28. The van der Waals surface area contributed by atoms with Crippen molar-refractivity contribution >= 4 is 43.0 Å². The molecule has 11 heteroatoms. The Bertz CT molecular complexity index is 1080. The van der Waals surface area contributed by atoms with Crippen molar-refractivity contribution in [1.29, 1.82) is 0 Å². The Morgan fingerprint density at radius 2 is 1.68 bits per heavy atom. The number of carbonyl (C=O) groups is 1. The van der Waals surface area contributed by atoms with Crippen LogP contribution in [0, 0.1) is 0 Å². The largest absolute Gasteiger partial charge is 0.494 e. The lowest BCUT2D eigenvalue weighted by Gasteiger charge is -2.14. The Morgan fingerprint density at radius 3 is 2.29 bits per heavy atom. The van der Waals surface area contributed by atoms with Crippen LogP contribution in [0.15, 0.2) is 42.5 Å². The summed E-state index contributed by atoms with van der Waals surface area (Å²) in [6, 6.07) is 10.6. The molecule has 0 fully saturated rings. The Hall–Kier alpha value is -2.79. The van der Waals surface area contributed by atoms with Crippen molar-refractivity contribution in [2.45, 2.75) is 6.92 Å². The van der Waals surface area contributed by atoms with E-state index in [1.807, 2.05) is 0 Å². The van der Waals surface area contributed by atoms with E-state index in [2.05, 4.69) is 14.8 Å². The first-order chi connectivity index (χ1) is 13.0. The third kappa shape index (κ3) is 5.86. The minimum atomic E-state index is -3.56. The summed E-state index contributed by atoms with van der Waals surface area (Å²) in [7, 11) is -5.68. The molecule has 9 nitrogen and oxygen atoms in total. The van der Waals surface area contributed by atoms with Crippen molar-refractivity contribution < 1.29 is 26.4 Å². The number of ether oxygens (including phenoxy) is 1. The van der Waals surface area contributed by atoms with Crippen LogP contribution < -0.4 is 19.5 Å². The summed E-state index contributed by atoms with van der Waals surface area (Å²) in [6.07, 6.45) is 0.989. The summed E-state index contributed by atoms with van der Waals surface area (Å²) in [6.45, 7) is 1.51. The molecule has 0 unspecified atom stereocenters. The fourth-order valence-electron chi connectivity index (χ4n) is 2.26. The molecule has 0 radical (unpaired) electrons. The van der Waals surface area contributed by atoms with Gasteiger partial charge in [-0.2, -0.15) is 0 Å². The highest BCUT2D eigenvalue weighted by Gasteiger charge is 2.16. The Kier molecular flexibility index (Phi) is 6.52. The maximum Gasteiger partial charge on any atom is 0.257 e. The van der Waals surface area contributed by atoms with Gasteiger partial charge in [-0.25, -0.2) is 16.8 Å². The molecule has 0 heterocycles. The summed E-state index contributed by atoms with van der Waals surface area (Å²) >= 11 is 0. The van der Waals surface area contributed by atoms with Crippen molar-refractivity contribution in [3.8, 4) is 5.75 Å². The molecule has 0 bridgehead atoms. The topological polar surface area (TPSA) is 131 Å². The molecule has 0 aliphatic rings. The Labute approximate surface area is 164 Å². The quantitative estimate of drug-likeness (QED) is 0.591. The minimum absolute atomic E-state index is 0.0985. The number of para-hydroxylation sites is 1. The monoisotopic (exact) mass is 427 g/mol. The lowest BCUT2D eigenvalue weighted by Crippen LogP contribution is -2.18. The lowest BCUT2D eigenvalue weighted by atomic mass is 10.1. The first-order valence-electron chi connectivity index (χ1n) is 8.11. The predicted molar refractivity (Wildman–Crippen MR) is 109 cm³/mol. The zero-order valence-corrected chi connectivity index (χ0v) is 17.1.